The summed E-state index contributed by atoms with van der Waals surface area (Å²) in [5, 5.41) is 20.4. The number of nitrogens with zero attached hydrogens (tertiary/aromatic N) is 3. The fourth-order valence-electron chi connectivity index (χ4n) is 1.52. The van der Waals surface area contributed by atoms with Gasteiger partial charge in [0.05, 0.1) is 10.6 Å². The van der Waals surface area contributed by atoms with Gasteiger partial charge in [0.25, 0.3) is 20.2 Å². The average molecular weight is 364 g/mol. The van der Waals surface area contributed by atoms with Crippen molar-refractivity contribution in [1.82, 2.24) is 15.0 Å². The minimum Gasteiger partial charge on any atom is -0.479 e. The molecular formula is C9H8N4O8S2. The van der Waals surface area contributed by atoms with Crippen LogP contribution in [0, 0.1) is 0 Å². The molecule has 0 saturated carbocycles. The highest BCUT2D eigenvalue weighted by atomic mass is 32.2. The number of nitrogens with one attached hydrogen (secondary N) is 1. The molecule has 2 aromatic rings. The van der Waals surface area contributed by atoms with E-state index in [1.165, 1.54) is 0 Å². The molecule has 0 radical (unpaired) electrons. The highest BCUT2D eigenvalue weighted by Crippen LogP contribution is 2.27. The van der Waals surface area contributed by atoms with Crippen LogP contribution in [0.15, 0.2) is 28.0 Å². The van der Waals surface area contributed by atoms with E-state index in [9.17, 15) is 16.8 Å². The highest BCUT2D eigenvalue weighted by Gasteiger charge is 2.20. The molecule has 5 N–H and O–H groups in total. The molecule has 0 bridgehead atoms. The van der Waals surface area contributed by atoms with Crippen molar-refractivity contribution < 1.29 is 36.2 Å². The predicted octanol–water partition coefficient (Wildman–Crippen LogP) is -0.480. The maximum atomic E-state index is 11.3. The molecule has 1 heterocycles. The molecule has 0 amide bonds. The molecule has 0 aliphatic rings. The van der Waals surface area contributed by atoms with E-state index in [1.54, 1.807) is 0 Å². The minimum atomic E-state index is -4.77. The van der Waals surface area contributed by atoms with E-state index in [1.807, 2.05) is 0 Å². The van der Waals surface area contributed by atoms with Crippen molar-refractivity contribution in [2.75, 3.05) is 5.32 Å². The molecule has 1 aromatic heterocycles. The fourth-order valence-corrected chi connectivity index (χ4v) is 2.66. The van der Waals surface area contributed by atoms with E-state index in [-0.39, 0.29) is 0 Å². The van der Waals surface area contributed by atoms with Crippen LogP contribution in [0.1, 0.15) is 0 Å². The molecule has 0 unspecified atom stereocenters. The second-order valence-electron chi connectivity index (χ2n) is 3.99. The zero-order valence-electron chi connectivity index (χ0n) is 10.8. The third-order valence-electron chi connectivity index (χ3n) is 2.39. The van der Waals surface area contributed by atoms with E-state index < -0.39 is 53.7 Å². The molecule has 12 nitrogen and oxygen atoms in total. The first-order valence-corrected chi connectivity index (χ1v) is 8.35. The lowest BCUT2D eigenvalue weighted by atomic mass is 10.3. The second kappa shape index (κ2) is 5.58. The van der Waals surface area contributed by atoms with Crippen LogP contribution in [0.4, 0.5) is 11.6 Å². The number of hydrogen-bond acceptors (Lipinski definition) is 10. The quantitative estimate of drug-likeness (QED) is 0.437. The Bertz CT molecular complexity index is 953. The molecule has 124 valence electrons. The Labute approximate surface area is 129 Å². The van der Waals surface area contributed by atoms with Gasteiger partial charge in [-0.15, -0.1) is 4.98 Å². The number of benzene rings is 1. The standard InChI is InChI=1S/C9H8N4O8S2/c14-8-11-7(12-9(15)13-8)10-5-3-4(22(16,17)18)1-2-6(5)23(19,20)21/h1-3H,(H,16,17,18)(H,19,20,21)(H3,10,11,12,13,14,15). The number of hydrogen-bond donors (Lipinski definition) is 5. The molecular weight excluding hydrogens is 356 g/mol. The first kappa shape index (κ1) is 16.8. The van der Waals surface area contributed by atoms with Gasteiger partial charge in [0.15, 0.2) is 0 Å². The lowest BCUT2D eigenvalue weighted by Gasteiger charge is -2.10. The van der Waals surface area contributed by atoms with Crippen LogP contribution in [0.3, 0.4) is 0 Å². The Balaban J connectivity index is 2.62. The lowest BCUT2D eigenvalue weighted by molar-refractivity contribution is 0.384. The van der Waals surface area contributed by atoms with Crippen molar-refractivity contribution in [3.63, 3.8) is 0 Å². The van der Waals surface area contributed by atoms with Crippen LogP contribution in [-0.4, -0.2) is 51.1 Å². The Hall–Kier alpha value is -2.55. The molecule has 23 heavy (non-hydrogen) atoms. The predicted molar refractivity (Wildman–Crippen MR) is 72.5 cm³/mol. The first-order valence-electron chi connectivity index (χ1n) is 5.47. The summed E-state index contributed by atoms with van der Waals surface area (Å²) in [5.74, 6) is -0.549. The van der Waals surface area contributed by atoms with Crippen LogP contribution in [-0.2, 0) is 20.2 Å². The molecule has 0 spiro atoms. The van der Waals surface area contributed by atoms with Crippen LogP contribution in [0.2, 0.25) is 0 Å². The van der Waals surface area contributed by atoms with Gasteiger partial charge in [0.1, 0.15) is 4.90 Å². The maximum absolute atomic E-state index is 11.3. The van der Waals surface area contributed by atoms with E-state index in [0.717, 1.165) is 6.07 Å². The summed E-state index contributed by atoms with van der Waals surface area (Å²) in [6, 6.07) is 0.322. The molecule has 1 aromatic carbocycles. The SMILES string of the molecule is O=S(=O)(O)c1ccc(S(=O)(=O)O)c(Nc2nc(O)nc(O)n2)c1. The summed E-state index contributed by atoms with van der Waals surface area (Å²) < 4.78 is 62.9. The van der Waals surface area contributed by atoms with Gasteiger partial charge in [0, 0.05) is 0 Å². The van der Waals surface area contributed by atoms with Gasteiger partial charge >= 0.3 is 12.0 Å². The summed E-state index contributed by atoms with van der Waals surface area (Å²) in [7, 11) is -9.44. The summed E-state index contributed by atoms with van der Waals surface area (Å²) in [6.45, 7) is 0. The van der Waals surface area contributed by atoms with Crippen LogP contribution >= 0.6 is 0 Å². The Kier molecular flexibility index (Phi) is 4.08. The summed E-state index contributed by atoms with van der Waals surface area (Å²) >= 11 is 0. The molecule has 2 rings (SSSR count). The monoisotopic (exact) mass is 364 g/mol. The van der Waals surface area contributed by atoms with Crippen molar-refractivity contribution >= 4 is 31.9 Å². The third kappa shape index (κ3) is 4.01. The van der Waals surface area contributed by atoms with Gasteiger partial charge in [-0.2, -0.15) is 26.8 Å². The van der Waals surface area contributed by atoms with Crippen molar-refractivity contribution in [2.45, 2.75) is 9.79 Å². The molecule has 14 heteroatoms. The highest BCUT2D eigenvalue weighted by molar-refractivity contribution is 7.86. The van der Waals surface area contributed by atoms with Crippen molar-refractivity contribution in [3.8, 4) is 12.0 Å². The second-order valence-corrected chi connectivity index (χ2v) is 6.80. The van der Waals surface area contributed by atoms with Gasteiger partial charge in [-0.1, -0.05) is 0 Å². The normalized spacial score (nSPS) is 12.1. The Morgan fingerprint density at radius 2 is 1.43 bits per heavy atom. The van der Waals surface area contributed by atoms with E-state index in [0.29, 0.717) is 12.1 Å². The molecule has 0 saturated heterocycles. The van der Waals surface area contributed by atoms with Crippen molar-refractivity contribution in [3.05, 3.63) is 18.2 Å². The molecule has 0 fully saturated rings. The summed E-state index contributed by atoms with van der Waals surface area (Å²) in [5.41, 5.74) is -0.535. The summed E-state index contributed by atoms with van der Waals surface area (Å²) in [4.78, 5) is 8.24. The largest absolute Gasteiger partial charge is 0.479 e. The topological polar surface area (TPSA) is 200 Å². The van der Waals surface area contributed by atoms with E-state index in [4.69, 9.17) is 19.3 Å². The first-order chi connectivity index (χ1) is 10.5. The fraction of sp³-hybridized carbons (Fsp3) is 0. The van der Waals surface area contributed by atoms with Gasteiger partial charge in [0.2, 0.25) is 5.95 Å². The molecule has 0 aliphatic carbocycles. The minimum absolute atomic E-state index is 0.535. The van der Waals surface area contributed by atoms with Crippen LogP contribution < -0.4 is 5.32 Å². The smallest absolute Gasteiger partial charge is 0.321 e. The van der Waals surface area contributed by atoms with Gasteiger partial charge in [-0.25, -0.2) is 0 Å². The maximum Gasteiger partial charge on any atom is 0.321 e. The number of anilines is 2. The van der Waals surface area contributed by atoms with Crippen LogP contribution in [0.5, 0.6) is 12.0 Å². The molecule has 0 aliphatic heterocycles. The average Bonchev–Trinajstić information content (AvgIpc) is 2.34. The van der Waals surface area contributed by atoms with Crippen molar-refractivity contribution in [2.24, 2.45) is 0 Å². The van der Waals surface area contributed by atoms with Crippen LogP contribution in [0.25, 0.3) is 0 Å². The number of aromatic hydroxyl groups is 2. The number of aromatic nitrogens is 3. The Morgan fingerprint density at radius 1 is 0.870 bits per heavy atom. The zero-order chi connectivity index (χ0) is 17.4. The van der Waals surface area contributed by atoms with Gasteiger partial charge < -0.3 is 15.5 Å². The zero-order valence-corrected chi connectivity index (χ0v) is 12.4. The van der Waals surface area contributed by atoms with Gasteiger partial charge in [-0.3, -0.25) is 9.11 Å². The molecule has 0 atom stereocenters. The Morgan fingerprint density at radius 3 is 1.91 bits per heavy atom. The van der Waals surface area contributed by atoms with Crippen molar-refractivity contribution in [1.29, 1.82) is 0 Å². The number of rotatable bonds is 4. The van der Waals surface area contributed by atoms with Gasteiger partial charge in [-0.05, 0) is 18.2 Å². The summed E-state index contributed by atoms with van der Waals surface area (Å²) in [6.07, 6.45) is 0. The lowest BCUT2D eigenvalue weighted by Crippen LogP contribution is -2.08. The third-order valence-corrected chi connectivity index (χ3v) is 4.15. The van der Waals surface area contributed by atoms with E-state index >= 15 is 0 Å². The van der Waals surface area contributed by atoms with E-state index in [2.05, 4.69) is 20.3 Å².